The molecule has 0 spiro atoms. The molecule has 0 aromatic rings. The van der Waals surface area contributed by atoms with E-state index in [9.17, 15) is 34.2 Å². The number of carboxylic acids is 1. The van der Waals surface area contributed by atoms with E-state index in [1.54, 1.807) is 0 Å². The van der Waals surface area contributed by atoms with Crippen LogP contribution in [0.4, 0.5) is 0 Å². The van der Waals surface area contributed by atoms with Gasteiger partial charge in [-0.2, -0.15) is 0 Å². The second kappa shape index (κ2) is 16.0. The van der Waals surface area contributed by atoms with E-state index >= 15 is 0 Å². The lowest BCUT2D eigenvalue weighted by Crippen LogP contribution is -2.58. The highest BCUT2D eigenvalue weighted by atomic mass is 16.4. The Hall–Kier alpha value is -2.77. The van der Waals surface area contributed by atoms with Gasteiger partial charge in [0.2, 0.25) is 23.6 Å². The third-order valence-electron chi connectivity index (χ3n) is 5.04. The van der Waals surface area contributed by atoms with Gasteiger partial charge in [0.05, 0.1) is 6.10 Å². The van der Waals surface area contributed by atoms with Crippen LogP contribution in [0.2, 0.25) is 0 Å². The molecule has 0 fully saturated rings. The van der Waals surface area contributed by atoms with E-state index in [2.05, 4.69) is 16.0 Å². The molecule has 0 rings (SSSR count). The van der Waals surface area contributed by atoms with Crippen LogP contribution in [0.3, 0.4) is 0 Å². The quantitative estimate of drug-likeness (QED) is 0.102. The number of hydrogen-bond donors (Lipinski definition) is 8. The summed E-state index contributed by atoms with van der Waals surface area (Å²) in [7, 11) is 0. The monoisotopic (exact) mass is 488 g/mol. The molecule has 0 aromatic carbocycles. The molecule has 5 atom stereocenters. The van der Waals surface area contributed by atoms with Crippen LogP contribution in [0.1, 0.15) is 59.3 Å². The topological polar surface area (TPSA) is 240 Å². The first-order valence-corrected chi connectivity index (χ1v) is 11.4. The summed E-state index contributed by atoms with van der Waals surface area (Å²) in [5.74, 6) is -4.25. The molecule has 0 bridgehead atoms. The number of nitrogens with one attached hydrogen (secondary N) is 3. The first-order chi connectivity index (χ1) is 15.8. The van der Waals surface area contributed by atoms with Gasteiger partial charge in [-0.25, -0.2) is 4.79 Å². The van der Waals surface area contributed by atoms with Crippen molar-refractivity contribution in [2.45, 2.75) is 89.6 Å². The van der Waals surface area contributed by atoms with Crippen molar-refractivity contribution in [1.82, 2.24) is 16.0 Å². The normalized spacial score (nSPS) is 15.5. The van der Waals surface area contributed by atoms with Crippen molar-refractivity contribution in [3.05, 3.63) is 0 Å². The van der Waals surface area contributed by atoms with Gasteiger partial charge in [-0.1, -0.05) is 13.8 Å². The second-order valence-corrected chi connectivity index (χ2v) is 8.71. The molecule has 13 heteroatoms. The highest BCUT2D eigenvalue weighted by Crippen LogP contribution is 2.09. The van der Waals surface area contributed by atoms with E-state index in [1.807, 2.05) is 13.8 Å². The Labute approximate surface area is 199 Å². The molecule has 0 saturated heterocycles. The number of carboxylic acid groups (broad SMARTS) is 1. The van der Waals surface area contributed by atoms with Gasteiger partial charge in [0.1, 0.15) is 24.2 Å². The Morgan fingerprint density at radius 3 is 1.82 bits per heavy atom. The van der Waals surface area contributed by atoms with Crippen LogP contribution in [-0.2, 0) is 24.0 Å². The van der Waals surface area contributed by atoms with E-state index in [0.717, 1.165) is 0 Å². The Bertz CT molecular complexity index is 701. The maximum absolute atomic E-state index is 12.9. The van der Waals surface area contributed by atoms with Gasteiger partial charge < -0.3 is 43.4 Å². The number of unbranched alkanes of at least 4 members (excludes halogenated alkanes) is 1. The summed E-state index contributed by atoms with van der Waals surface area (Å²) in [6.45, 7) is 5.33. The molecule has 0 heterocycles. The summed E-state index contributed by atoms with van der Waals surface area (Å²) >= 11 is 0. The standard InChI is InChI=1S/C21H40N6O7/c1-11(2)10-15(19(31)26-14(21(33)34)6-4-5-9-22)27-18(30)13(7-8-16(23)29)25-20(32)17(24)12(3)28/h11-15,17,28H,4-10,22,24H2,1-3H3,(H2,23,29)(H,25,32)(H,26,31)(H,27,30)(H,33,34). The third kappa shape index (κ3) is 12.5. The van der Waals surface area contributed by atoms with Gasteiger partial charge in [0.25, 0.3) is 0 Å². The molecule has 34 heavy (non-hydrogen) atoms. The van der Waals surface area contributed by atoms with Crippen molar-refractivity contribution in [2.24, 2.45) is 23.1 Å². The van der Waals surface area contributed by atoms with Gasteiger partial charge >= 0.3 is 5.97 Å². The Kier molecular flexibility index (Phi) is 14.7. The van der Waals surface area contributed by atoms with E-state index < -0.39 is 59.9 Å². The van der Waals surface area contributed by atoms with Gasteiger partial charge in [0, 0.05) is 6.42 Å². The highest BCUT2D eigenvalue weighted by molar-refractivity contribution is 5.94. The minimum absolute atomic E-state index is 0.0427. The molecule has 0 radical (unpaired) electrons. The SMILES string of the molecule is CC(C)CC(NC(=O)C(CCC(N)=O)NC(=O)C(N)C(C)O)C(=O)NC(CCCCN)C(=O)O. The summed E-state index contributed by atoms with van der Waals surface area (Å²) in [5.41, 5.74) is 16.2. The van der Waals surface area contributed by atoms with Crippen molar-refractivity contribution in [3.8, 4) is 0 Å². The summed E-state index contributed by atoms with van der Waals surface area (Å²) in [6.07, 6.45) is -0.114. The number of amides is 4. The van der Waals surface area contributed by atoms with E-state index in [4.69, 9.17) is 17.2 Å². The van der Waals surface area contributed by atoms with Crippen molar-refractivity contribution < 1.29 is 34.2 Å². The molecule has 4 amide bonds. The summed E-state index contributed by atoms with van der Waals surface area (Å²) in [6, 6.07) is -4.82. The van der Waals surface area contributed by atoms with E-state index in [1.165, 1.54) is 6.92 Å². The Morgan fingerprint density at radius 2 is 1.35 bits per heavy atom. The maximum atomic E-state index is 12.9. The van der Waals surface area contributed by atoms with Crippen LogP contribution in [0, 0.1) is 5.92 Å². The predicted octanol–water partition coefficient (Wildman–Crippen LogP) is -2.33. The van der Waals surface area contributed by atoms with Gasteiger partial charge in [-0.05, 0) is 51.5 Å². The predicted molar refractivity (Wildman–Crippen MR) is 124 cm³/mol. The summed E-state index contributed by atoms with van der Waals surface area (Å²) in [4.78, 5) is 60.7. The molecule has 11 N–H and O–H groups in total. The fourth-order valence-corrected chi connectivity index (χ4v) is 3.04. The zero-order valence-corrected chi connectivity index (χ0v) is 20.1. The zero-order chi connectivity index (χ0) is 26.4. The van der Waals surface area contributed by atoms with E-state index in [0.29, 0.717) is 19.4 Å². The smallest absolute Gasteiger partial charge is 0.326 e. The zero-order valence-electron chi connectivity index (χ0n) is 20.1. The lowest BCUT2D eigenvalue weighted by molar-refractivity contribution is -0.142. The lowest BCUT2D eigenvalue weighted by Gasteiger charge is -2.26. The number of aliphatic hydroxyl groups excluding tert-OH is 1. The molecular weight excluding hydrogens is 448 g/mol. The molecule has 0 aliphatic heterocycles. The average molecular weight is 489 g/mol. The number of aliphatic hydroxyl groups is 1. The molecule has 196 valence electrons. The highest BCUT2D eigenvalue weighted by Gasteiger charge is 2.31. The van der Waals surface area contributed by atoms with Crippen LogP contribution in [0.15, 0.2) is 0 Å². The van der Waals surface area contributed by atoms with Gasteiger partial charge in [0.15, 0.2) is 0 Å². The van der Waals surface area contributed by atoms with Gasteiger partial charge in [-0.15, -0.1) is 0 Å². The van der Waals surface area contributed by atoms with Crippen LogP contribution in [0.5, 0.6) is 0 Å². The molecule has 13 nitrogen and oxygen atoms in total. The van der Waals surface area contributed by atoms with Crippen LogP contribution in [0.25, 0.3) is 0 Å². The average Bonchev–Trinajstić information content (AvgIpc) is 2.73. The number of nitrogens with two attached hydrogens (primary N) is 3. The third-order valence-corrected chi connectivity index (χ3v) is 5.04. The lowest BCUT2D eigenvalue weighted by atomic mass is 10.0. The molecular formula is C21H40N6O7. The van der Waals surface area contributed by atoms with Crippen molar-refractivity contribution in [3.63, 3.8) is 0 Å². The molecule has 0 aliphatic carbocycles. The number of aliphatic carboxylic acids is 1. The summed E-state index contributed by atoms with van der Waals surface area (Å²) in [5, 5.41) is 26.3. The minimum atomic E-state index is -1.32. The van der Waals surface area contributed by atoms with Gasteiger partial charge in [-0.3, -0.25) is 19.2 Å². The molecule has 0 aliphatic rings. The number of carbonyl (C=O) groups excluding carboxylic acids is 4. The minimum Gasteiger partial charge on any atom is -0.480 e. The van der Waals surface area contributed by atoms with Crippen molar-refractivity contribution in [1.29, 1.82) is 0 Å². The maximum Gasteiger partial charge on any atom is 0.326 e. The first-order valence-electron chi connectivity index (χ1n) is 11.4. The number of rotatable bonds is 17. The van der Waals surface area contributed by atoms with Crippen molar-refractivity contribution >= 4 is 29.6 Å². The number of hydrogen-bond acceptors (Lipinski definition) is 8. The number of primary amides is 1. The summed E-state index contributed by atoms with van der Waals surface area (Å²) < 4.78 is 0. The molecule has 0 aromatic heterocycles. The van der Waals surface area contributed by atoms with Crippen molar-refractivity contribution in [2.75, 3.05) is 6.54 Å². The molecule has 0 saturated carbocycles. The first kappa shape index (κ1) is 31.2. The fourth-order valence-electron chi connectivity index (χ4n) is 3.04. The van der Waals surface area contributed by atoms with Crippen LogP contribution in [-0.4, -0.2) is 76.6 Å². The Balaban J connectivity index is 5.52. The fraction of sp³-hybridized carbons (Fsp3) is 0.762. The second-order valence-electron chi connectivity index (χ2n) is 8.71. The Morgan fingerprint density at radius 1 is 0.824 bits per heavy atom. The number of carbonyl (C=O) groups is 5. The largest absolute Gasteiger partial charge is 0.480 e. The van der Waals surface area contributed by atoms with E-state index in [-0.39, 0.29) is 31.6 Å². The molecule has 5 unspecified atom stereocenters. The van der Waals surface area contributed by atoms with Crippen LogP contribution >= 0.6 is 0 Å². The van der Waals surface area contributed by atoms with Crippen LogP contribution < -0.4 is 33.2 Å².